The minimum atomic E-state index is -4.57. The average molecular weight is 390 g/mol. The molecule has 1 aliphatic heterocycles. The van der Waals surface area contributed by atoms with Crippen LogP contribution in [0, 0.1) is 5.92 Å². The molecule has 0 aliphatic carbocycles. The number of alkyl halides is 3. The summed E-state index contributed by atoms with van der Waals surface area (Å²) in [6.45, 7) is 4.27. The lowest BCUT2D eigenvalue weighted by atomic mass is 10.0. The number of hydrogen-bond acceptors (Lipinski definition) is 2. The van der Waals surface area contributed by atoms with Crippen molar-refractivity contribution in [3.05, 3.63) is 59.7 Å². The molecule has 1 heterocycles. The van der Waals surface area contributed by atoms with Crippen LogP contribution in [0.1, 0.15) is 37.3 Å². The molecule has 0 radical (unpaired) electrons. The molecular formula is C21H21F3N2O2. The van der Waals surface area contributed by atoms with Crippen LogP contribution in [0.4, 0.5) is 24.5 Å². The second-order valence-electron chi connectivity index (χ2n) is 7.18. The Hall–Kier alpha value is -2.83. The van der Waals surface area contributed by atoms with Crippen molar-refractivity contribution < 1.29 is 22.8 Å². The summed E-state index contributed by atoms with van der Waals surface area (Å²) in [6.07, 6.45) is -4.61. The summed E-state index contributed by atoms with van der Waals surface area (Å²) in [7, 11) is 0. The van der Waals surface area contributed by atoms with E-state index in [1.807, 2.05) is 24.3 Å². The van der Waals surface area contributed by atoms with Gasteiger partial charge in [0.1, 0.15) is 0 Å². The number of halogens is 3. The number of anilines is 2. The van der Waals surface area contributed by atoms with Gasteiger partial charge in [0.05, 0.1) is 17.2 Å². The molecule has 0 bridgehead atoms. The third kappa shape index (κ3) is 4.18. The third-order valence-electron chi connectivity index (χ3n) is 4.86. The van der Waals surface area contributed by atoms with Crippen LogP contribution in [0.25, 0.3) is 0 Å². The van der Waals surface area contributed by atoms with Gasteiger partial charge in [0.2, 0.25) is 11.8 Å². The Morgan fingerprint density at radius 2 is 1.75 bits per heavy atom. The summed E-state index contributed by atoms with van der Waals surface area (Å²) in [5, 5.41) is 2.34. The molecule has 2 amide bonds. The molecule has 0 aromatic heterocycles. The van der Waals surface area contributed by atoms with Crippen LogP contribution in [-0.4, -0.2) is 18.4 Å². The maximum Gasteiger partial charge on any atom is 0.418 e. The molecule has 1 atom stereocenters. The van der Waals surface area contributed by atoms with Crippen LogP contribution in [0.5, 0.6) is 0 Å². The van der Waals surface area contributed by atoms with Crippen LogP contribution < -0.4 is 10.2 Å². The highest BCUT2D eigenvalue weighted by Crippen LogP contribution is 2.35. The van der Waals surface area contributed by atoms with Gasteiger partial charge in [-0.15, -0.1) is 0 Å². The zero-order valence-corrected chi connectivity index (χ0v) is 15.6. The van der Waals surface area contributed by atoms with Crippen molar-refractivity contribution in [3.63, 3.8) is 0 Å². The van der Waals surface area contributed by atoms with Gasteiger partial charge in [-0.25, -0.2) is 0 Å². The van der Waals surface area contributed by atoms with Gasteiger partial charge >= 0.3 is 6.18 Å². The molecule has 1 saturated heterocycles. The van der Waals surface area contributed by atoms with Crippen LogP contribution >= 0.6 is 0 Å². The van der Waals surface area contributed by atoms with Gasteiger partial charge < -0.3 is 10.2 Å². The normalized spacial score (nSPS) is 17.3. The summed E-state index contributed by atoms with van der Waals surface area (Å²) in [4.78, 5) is 26.4. The first-order valence-electron chi connectivity index (χ1n) is 9.04. The second kappa shape index (κ2) is 7.66. The van der Waals surface area contributed by atoms with Crippen molar-refractivity contribution >= 4 is 23.2 Å². The minimum absolute atomic E-state index is 0.0358. The molecule has 2 aromatic carbocycles. The third-order valence-corrected chi connectivity index (χ3v) is 4.86. The molecule has 2 aromatic rings. The molecule has 1 aliphatic rings. The lowest BCUT2D eigenvalue weighted by Crippen LogP contribution is -2.28. The van der Waals surface area contributed by atoms with Crippen molar-refractivity contribution in [2.45, 2.75) is 32.4 Å². The smallest absolute Gasteiger partial charge is 0.325 e. The van der Waals surface area contributed by atoms with Crippen molar-refractivity contribution in [1.82, 2.24) is 0 Å². The Kier molecular flexibility index (Phi) is 5.45. The highest BCUT2D eigenvalue weighted by molar-refractivity contribution is 6.03. The number of rotatable bonds is 4. The average Bonchev–Trinajstić information content (AvgIpc) is 3.03. The number of carbonyl (C=O) groups excluding carboxylic acids is 2. The van der Waals surface area contributed by atoms with Crippen molar-refractivity contribution in [2.75, 3.05) is 16.8 Å². The molecule has 148 valence electrons. The van der Waals surface area contributed by atoms with Gasteiger partial charge in [-0.05, 0) is 35.7 Å². The number of carbonyl (C=O) groups is 2. The van der Waals surface area contributed by atoms with E-state index in [1.165, 1.54) is 23.1 Å². The first-order valence-corrected chi connectivity index (χ1v) is 9.04. The molecule has 1 unspecified atom stereocenters. The van der Waals surface area contributed by atoms with Crippen LogP contribution in [-0.2, 0) is 15.8 Å². The minimum Gasteiger partial charge on any atom is -0.325 e. The van der Waals surface area contributed by atoms with E-state index in [9.17, 15) is 22.8 Å². The Morgan fingerprint density at radius 3 is 2.36 bits per heavy atom. The molecule has 7 heteroatoms. The summed E-state index contributed by atoms with van der Waals surface area (Å²) in [5.41, 5.74) is 0.606. The lowest BCUT2D eigenvalue weighted by Gasteiger charge is -2.18. The van der Waals surface area contributed by atoms with E-state index in [1.54, 1.807) is 0 Å². The van der Waals surface area contributed by atoms with Gasteiger partial charge in [-0.3, -0.25) is 9.59 Å². The fraction of sp³-hybridized carbons (Fsp3) is 0.333. The molecule has 1 N–H and O–H groups in total. The van der Waals surface area contributed by atoms with E-state index in [4.69, 9.17) is 0 Å². The topological polar surface area (TPSA) is 49.4 Å². The number of hydrogen-bond donors (Lipinski definition) is 1. The van der Waals surface area contributed by atoms with Gasteiger partial charge in [0, 0.05) is 18.7 Å². The van der Waals surface area contributed by atoms with E-state index < -0.39 is 23.6 Å². The van der Waals surface area contributed by atoms with E-state index >= 15 is 0 Å². The maximum atomic E-state index is 13.1. The molecule has 1 fully saturated rings. The Morgan fingerprint density at radius 1 is 1.11 bits per heavy atom. The predicted molar refractivity (Wildman–Crippen MR) is 101 cm³/mol. The SMILES string of the molecule is CC(C)c1ccc(N2CC(C(=O)Nc3ccccc3C(F)(F)F)CC2=O)cc1. The Bertz CT molecular complexity index is 876. The second-order valence-corrected chi connectivity index (χ2v) is 7.18. The van der Waals surface area contributed by atoms with Gasteiger partial charge in [-0.1, -0.05) is 38.1 Å². The molecule has 28 heavy (non-hydrogen) atoms. The summed E-state index contributed by atoms with van der Waals surface area (Å²) < 4.78 is 39.3. The van der Waals surface area contributed by atoms with Gasteiger partial charge in [-0.2, -0.15) is 13.2 Å². The van der Waals surface area contributed by atoms with Crippen molar-refractivity contribution in [2.24, 2.45) is 5.92 Å². The first kappa shape index (κ1) is 19.9. The monoisotopic (exact) mass is 390 g/mol. The lowest BCUT2D eigenvalue weighted by molar-refractivity contribution is -0.137. The Labute approximate surface area is 161 Å². The largest absolute Gasteiger partial charge is 0.418 e. The predicted octanol–water partition coefficient (Wildman–Crippen LogP) is 4.82. The maximum absolute atomic E-state index is 13.1. The molecule has 0 saturated carbocycles. The molecule has 4 nitrogen and oxygen atoms in total. The Balaban J connectivity index is 1.73. The quantitative estimate of drug-likeness (QED) is 0.814. The number of para-hydroxylation sites is 1. The van der Waals surface area contributed by atoms with Crippen molar-refractivity contribution in [3.8, 4) is 0 Å². The van der Waals surface area contributed by atoms with Crippen LogP contribution in [0.15, 0.2) is 48.5 Å². The summed E-state index contributed by atoms with van der Waals surface area (Å²) >= 11 is 0. The summed E-state index contributed by atoms with van der Waals surface area (Å²) in [5.74, 6) is -1.16. The fourth-order valence-electron chi connectivity index (χ4n) is 3.25. The molecule has 0 spiro atoms. The van der Waals surface area contributed by atoms with Crippen molar-refractivity contribution in [1.29, 1.82) is 0 Å². The van der Waals surface area contributed by atoms with E-state index in [2.05, 4.69) is 19.2 Å². The molecular weight excluding hydrogens is 369 g/mol. The fourth-order valence-corrected chi connectivity index (χ4v) is 3.25. The van der Waals surface area contributed by atoms with E-state index in [-0.39, 0.29) is 24.6 Å². The van der Waals surface area contributed by atoms with Crippen LogP contribution in [0.2, 0.25) is 0 Å². The van der Waals surface area contributed by atoms with E-state index in [0.29, 0.717) is 11.6 Å². The summed E-state index contributed by atoms with van der Waals surface area (Å²) in [6, 6.07) is 12.3. The zero-order valence-electron chi connectivity index (χ0n) is 15.6. The number of amides is 2. The standard InChI is InChI=1S/C21H21F3N2O2/c1-13(2)14-7-9-16(10-8-14)26-12-15(11-19(26)27)20(28)25-18-6-4-3-5-17(18)21(22,23)24/h3-10,13,15H,11-12H2,1-2H3,(H,25,28). The highest BCUT2D eigenvalue weighted by atomic mass is 19.4. The van der Waals surface area contributed by atoms with Gasteiger partial charge in [0.15, 0.2) is 0 Å². The number of benzene rings is 2. The number of nitrogens with one attached hydrogen (secondary N) is 1. The molecule has 3 rings (SSSR count). The van der Waals surface area contributed by atoms with Gasteiger partial charge in [0.25, 0.3) is 0 Å². The number of nitrogens with zero attached hydrogens (tertiary/aromatic N) is 1. The first-order chi connectivity index (χ1) is 13.2. The zero-order chi connectivity index (χ0) is 20.5. The highest BCUT2D eigenvalue weighted by Gasteiger charge is 2.37. The van der Waals surface area contributed by atoms with E-state index in [0.717, 1.165) is 11.6 Å². The van der Waals surface area contributed by atoms with Crippen LogP contribution in [0.3, 0.4) is 0 Å².